The lowest BCUT2D eigenvalue weighted by atomic mass is 10.4. The van der Waals surface area contributed by atoms with Gasteiger partial charge in [0.2, 0.25) is 11.1 Å². The first kappa shape index (κ1) is 16.5. The summed E-state index contributed by atoms with van der Waals surface area (Å²) in [6.45, 7) is 6.58. The van der Waals surface area contributed by atoms with E-state index in [0.29, 0.717) is 11.7 Å². The monoisotopic (exact) mass is 296 g/mol. The molecule has 110 valence electrons. The van der Waals surface area contributed by atoms with Gasteiger partial charge in [-0.05, 0) is 30.3 Å². The van der Waals surface area contributed by atoms with Crippen LogP contribution in [0.2, 0.25) is 0 Å². The van der Waals surface area contributed by atoms with Crippen LogP contribution in [0, 0.1) is 12.3 Å². The number of terminal acetylenes is 1. The summed E-state index contributed by atoms with van der Waals surface area (Å²) in [7, 11) is 0. The Morgan fingerprint density at radius 2 is 2.35 bits per heavy atom. The molecule has 1 aromatic heterocycles. The lowest BCUT2D eigenvalue weighted by Gasteiger charge is -2.10. The molecule has 0 saturated heterocycles. The molecule has 0 aliphatic heterocycles. The molecule has 0 radical (unpaired) electrons. The fourth-order valence-corrected chi connectivity index (χ4v) is 2.24. The summed E-state index contributed by atoms with van der Waals surface area (Å²) in [4.78, 5) is 11.7. The van der Waals surface area contributed by atoms with Gasteiger partial charge >= 0.3 is 0 Å². The van der Waals surface area contributed by atoms with Gasteiger partial charge < -0.3 is 10.6 Å². The van der Waals surface area contributed by atoms with Crippen LogP contribution in [0.25, 0.3) is 0 Å². The second-order valence-electron chi connectivity index (χ2n) is 4.12. The number of tetrazole rings is 1. The molecule has 0 bridgehead atoms. The van der Waals surface area contributed by atoms with Crippen LogP contribution in [0.1, 0.15) is 20.3 Å². The van der Waals surface area contributed by atoms with E-state index in [2.05, 4.69) is 39.0 Å². The van der Waals surface area contributed by atoms with E-state index in [1.54, 1.807) is 11.6 Å². The molecule has 1 heterocycles. The van der Waals surface area contributed by atoms with E-state index in [-0.39, 0.29) is 17.7 Å². The quantitative estimate of drug-likeness (QED) is 0.376. The molecule has 0 aromatic carbocycles. The van der Waals surface area contributed by atoms with Gasteiger partial charge in [-0.25, -0.2) is 4.68 Å². The zero-order chi connectivity index (χ0) is 14.8. The van der Waals surface area contributed by atoms with Crippen LogP contribution >= 0.6 is 11.8 Å². The third-order valence-corrected chi connectivity index (χ3v) is 3.51. The van der Waals surface area contributed by atoms with Gasteiger partial charge in [0.1, 0.15) is 0 Å². The molecule has 20 heavy (non-hydrogen) atoms. The molecule has 8 heteroatoms. The number of rotatable bonds is 9. The van der Waals surface area contributed by atoms with Crippen molar-refractivity contribution in [1.82, 2.24) is 30.8 Å². The van der Waals surface area contributed by atoms with Crippen molar-refractivity contribution in [2.45, 2.75) is 37.2 Å². The molecular weight excluding hydrogens is 276 g/mol. The molecule has 1 rings (SSSR count). The number of nitrogens with one attached hydrogen (secondary N) is 2. The van der Waals surface area contributed by atoms with E-state index in [9.17, 15) is 4.79 Å². The number of thioether (sulfide) groups is 1. The van der Waals surface area contributed by atoms with E-state index in [4.69, 9.17) is 6.42 Å². The average molecular weight is 296 g/mol. The minimum absolute atomic E-state index is 0.119. The maximum Gasteiger partial charge on any atom is 0.234 e. The minimum Gasteiger partial charge on any atom is -0.344 e. The summed E-state index contributed by atoms with van der Waals surface area (Å²) in [5.41, 5.74) is 0. The summed E-state index contributed by atoms with van der Waals surface area (Å²) >= 11 is 1.32. The molecule has 7 nitrogen and oxygen atoms in total. The third kappa shape index (κ3) is 5.59. The predicted molar refractivity (Wildman–Crippen MR) is 78.1 cm³/mol. The number of carbonyl (C=O) groups excluding carboxylic acids is 1. The van der Waals surface area contributed by atoms with Gasteiger partial charge in [-0.1, -0.05) is 24.6 Å². The highest BCUT2D eigenvalue weighted by Crippen LogP contribution is 2.19. The van der Waals surface area contributed by atoms with Crippen molar-refractivity contribution in [1.29, 1.82) is 0 Å². The summed E-state index contributed by atoms with van der Waals surface area (Å²) in [6.07, 6.45) is 6.19. The maximum atomic E-state index is 11.7. The fourth-order valence-electron chi connectivity index (χ4n) is 1.40. The predicted octanol–water partition coefficient (Wildman–Crippen LogP) is -0.0973. The highest BCUT2D eigenvalue weighted by atomic mass is 32.2. The van der Waals surface area contributed by atoms with Gasteiger partial charge in [-0.15, -0.1) is 11.5 Å². The van der Waals surface area contributed by atoms with E-state index < -0.39 is 0 Å². The van der Waals surface area contributed by atoms with Crippen LogP contribution in [0.4, 0.5) is 0 Å². The Bertz CT molecular complexity index is 455. The molecule has 1 aromatic rings. The van der Waals surface area contributed by atoms with Gasteiger partial charge in [0.25, 0.3) is 0 Å². The Labute approximate surface area is 123 Å². The Hall–Kier alpha value is -1.59. The van der Waals surface area contributed by atoms with Crippen LogP contribution in [0.15, 0.2) is 5.16 Å². The van der Waals surface area contributed by atoms with Crippen LogP contribution in [-0.4, -0.2) is 51.0 Å². The highest BCUT2D eigenvalue weighted by Gasteiger charge is 2.17. The van der Waals surface area contributed by atoms with Crippen molar-refractivity contribution in [3.63, 3.8) is 0 Å². The molecule has 0 aliphatic rings. The van der Waals surface area contributed by atoms with Gasteiger partial charge in [-0.3, -0.25) is 4.79 Å². The number of hydrogen-bond donors (Lipinski definition) is 2. The minimum atomic E-state index is -0.295. The van der Waals surface area contributed by atoms with Gasteiger partial charge in [0, 0.05) is 6.54 Å². The van der Waals surface area contributed by atoms with Crippen molar-refractivity contribution >= 4 is 17.7 Å². The van der Waals surface area contributed by atoms with Crippen molar-refractivity contribution in [2.24, 2.45) is 0 Å². The Balaban J connectivity index is 2.45. The average Bonchev–Trinajstić information content (AvgIpc) is 2.88. The first-order chi connectivity index (χ1) is 9.69. The molecule has 0 saturated carbocycles. The van der Waals surface area contributed by atoms with E-state index in [1.807, 2.05) is 0 Å². The van der Waals surface area contributed by atoms with Crippen LogP contribution < -0.4 is 10.6 Å². The summed E-state index contributed by atoms with van der Waals surface area (Å²) in [6, 6.07) is 0. The zero-order valence-corrected chi connectivity index (χ0v) is 12.6. The Morgan fingerprint density at radius 1 is 1.55 bits per heavy atom. The first-order valence-corrected chi connectivity index (χ1v) is 7.41. The molecular formula is C12H20N6OS. The van der Waals surface area contributed by atoms with Crippen LogP contribution in [0.3, 0.4) is 0 Å². The number of amides is 1. The normalized spacial score (nSPS) is 11.8. The third-order valence-electron chi connectivity index (χ3n) is 2.44. The fraction of sp³-hybridized carbons (Fsp3) is 0.667. The van der Waals surface area contributed by atoms with Crippen molar-refractivity contribution in [3.8, 4) is 12.3 Å². The van der Waals surface area contributed by atoms with E-state index in [1.165, 1.54) is 11.8 Å². The SMILES string of the molecule is C#CCNC(=O)C(C)Sc1nnnn1CCNCCC. The molecule has 1 atom stereocenters. The van der Waals surface area contributed by atoms with Crippen molar-refractivity contribution < 1.29 is 4.79 Å². The lowest BCUT2D eigenvalue weighted by Crippen LogP contribution is -2.31. The van der Waals surface area contributed by atoms with Gasteiger partial charge in [0.15, 0.2) is 0 Å². The standard InChI is InChI=1S/C12H20N6OS/c1-4-6-13-8-9-18-12(15-16-17-18)20-10(3)11(19)14-7-5-2/h2,10,13H,4,6-9H2,1,3H3,(H,14,19). The van der Waals surface area contributed by atoms with Crippen molar-refractivity contribution in [3.05, 3.63) is 0 Å². The molecule has 2 N–H and O–H groups in total. The van der Waals surface area contributed by atoms with Gasteiger partial charge in [0.05, 0.1) is 18.3 Å². The Kier molecular flexibility index (Phi) is 7.69. The molecule has 0 aliphatic carbocycles. The smallest absolute Gasteiger partial charge is 0.234 e. The van der Waals surface area contributed by atoms with E-state index >= 15 is 0 Å². The zero-order valence-electron chi connectivity index (χ0n) is 11.8. The summed E-state index contributed by atoms with van der Waals surface area (Å²) in [5, 5.41) is 17.8. The highest BCUT2D eigenvalue weighted by molar-refractivity contribution is 8.00. The molecule has 0 fully saturated rings. The number of aromatic nitrogens is 4. The first-order valence-electron chi connectivity index (χ1n) is 6.53. The maximum absolute atomic E-state index is 11.7. The lowest BCUT2D eigenvalue weighted by molar-refractivity contribution is -0.120. The number of carbonyl (C=O) groups is 1. The van der Waals surface area contributed by atoms with E-state index in [0.717, 1.165) is 19.5 Å². The van der Waals surface area contributed by atoms with Crippen LogP contribution in [-0.2, 0) is 11.3 Å². The topological polar surface area (TPSA) is 84.7 Å². The molecule has 1 amide bonds. The van der Waals surface area contributed by atoms with Crippen molar-refractivity contribution in [2.75, 3.05) is 19.6 Å². The number of nitrogens with zero attached hydrogens (tertiary/aromatic N) is 4. The summed E-state index contributed by atoms with van der Waals surface area (Å²) < 4.78 is 1.69. The largest absolute Gasteiger partial charge is 0.344 e. The second kappa shape index (κ2) is 9.34. The Morgan fingerprint density at radius 3 is 3.05 bits per heavy atom. The summed E-state index contributed by atoms with van der Waals surface area (Å²) in [5.74, 6) is 2.25. The van der Waals surface area contributed by atoms with Gasteiger partial charge in [-0.2, -0.15) is 0 Å². The second-order valence-corrected chi connectivity index (χ2v) is 5.42. The number of hydrogen-bond acceptors (Lipinski definition) is 6. The molecule has 0 spiro atoms. The molecule has 1 unspecified atom stereocenters. The van der Waals surface area contributed by atoms with Crippen LogP contribution in [0.5, 0.6) is 0 Å².